The average Bonchev–Trinajstić information content (AvgIpc) is 3.31. The topological polar surface area (TPSA) is 62.5 Å². The number of carbonyl (C=O) groups is 1. The highest BCUT2D eigenvalue weighted by molar-refractivity contribution is 6.02. The van der Waals surface area contributed by atoms with E-state index in [9.17, 15) is 9.90 Å². The highest BCUT2D eigenvalue weighted by Gasteiger charge is 2.73. The van der Waals surface area contributed by atoms with Gasteiger partial charge in [0.2, 0.25) is 0 Å². The number of aliphatic hydroxyl groups is 1. The molecule has 1 aliphatic carbocycles. The Hall–Kier alpha value is -2.69. The minimum atomic E-state index is -1.57. The minimum Gasteiger partial charge on any atom is -0.468 e. The van der Waals surface area contributed by atoms with Crippen LogP contribution in [0.4, 0.5) is 0 Å². The molecule has 1 unspecified atom stereocenters. The van der Waals surface area contributed by atoms with Gasteiger partial charge in [0.25, 0.3) is 0 Å². The molecule has 2 aliphatic rings. The number of hydrogen-bond acceptors (Lipinski definition) is 4. The zero-order chi connectivity index (χ0) is 19.4. The third kappa shape index (κ3) is 2.05. The number of hydrogen-bond donors (Lipinski definition) is 2. The Morgan fingerprint density at radius 2 is 1.61 bits per heavy atom. The molecule has 1 aromatic heterocycles. The summed E-state index contributed by atoms with van der Waals surface area (Å²) in [7, 11) is 0. The number of fused-ring (bicyclic) bond motifs is 2. The Kier molecular flexibility index (Phi) is 3.67. The Morgan fingerprint density at radius 1 is 0.964 bits per heavy atom. The van der Waals surface area contributed by atoms with Crippen LogP contribution in [-0.2, 0) is 15.8 Å². The first-order chi connectivity index (χ1) is 13.5. The first-order valence-corrected chi connectivity index (χ1v) is 9.67. The third-order valence-electron chi connectivity index (χ3n) is 6.77. The molecule has 2 N–H and O–H groups in total. The van der Waals surface area contributed by atoms with Gasteiger partial charge < -0.3 is 14.8 Å². The van der Waals surface area contributed by atoms with Crippen molar-refractivity contribution in [1.29, 1.82) is 0 Å². The lowest BCUT2D eigenvalue weighted by Gasteiger charge is -2.43. The summed E-state index contributed by atoms with van der Waals surface area (Å²) in [6.45, 7) is 2.53. The fourth-order valence-corrected chi connectivity index (χ4v) is 5.44. The summed E-state index contributed by atoms with van der Waals surface area (Å²) in [6, 6.07) is 22.6. The summed E-state index contributed by atoms with van der Waals surface area (Å²) in [6.07, 6.45) is 2.18. The molecule has 4 heteroatoms. The first kappa shape index (κ1) is 17.4. The molecular weight excluding hydrogens is 350 g/mol. The largest absolute Gasteiger partial charge is 0.468 e. The SMILES string of the molecule is C[C@@]12CNC(c3ccco3)[C@@](c3ccccc3)(C1)C(=O)[C@]2(O)c1ccccc1. The predicted octanol–water partition coefficient (Wildman–Crippen LogP) is 3.73. The monoisotopic (exact) mass is 373 g/mol. The van der Waals surface area contributed by atoms with E-state index >= 15 is 0 Å². The van der Waals surface area contributed by atoms with E-state index in [2.05, 4.69) is 5.32 Å². The number of benzene rings is 2. The molecule has 1 saturated carbocycles. The molecular formula is C24H23NO3. The summed E-state index contributed by atoms with van der Waals surface area (Å²) < 4.78 is 5.73. The van der Waals surface area contributed by atoms with Crippen LogP contribution in [0.1, 0.15) is 36.3 Å². The van der Waals surface area contributed by atoms with Gasteiger partial charge in [-0.1, -0.05) is 67.6 Å². The molecule has 2 bridgehead atoms. The van der Waals surface area contributed by atoms with E-state index in [0.717, 1.165) is 11.3 Å². The van der Waals surface area contributed by atoms with E-state index in [-0.39, 0.29) is 11.8 Å². The van der Waals surface area contributed by atoms with Crippen molar-refractivity contribution in [3.8, 4) is 0 Å². The summed E-state index contributed by atoms with van der Waals surface area (Å²) in [5.74, 6) is 0.558. The second-order valence-electron chi connectivity index (χ2n) is 8.31. The Labute approximate surface area is 164 Å². The van der Waals surface area contributed by atoms with Crippen molar-refractivity contribution in [2.24, 2.45) is 5.41 Å². The molecule has 4 atom stereocenters. The van der Waals surface area contributed by atoms with Crippen molar-refractivity contribution in [2.75, 3.05) is 6.54 Å². The Morgan fingerprint density at radius 3 is 2.21 bits per heavy atom. The normalized spacial score (nSPS) is 34.5. The van der Waals surface area contributed by atoms with Crippen LogP contribution in [0.3, 0.4) is 0 Å². The molecule has 5 rings (SSSR count). The van der Waals surface area contributed by atoms with Gasteiger partial charge in [-0.3, -0.25) is 4.79 Å². The van der Waals surface area contributed by atoms with Crippen molar-refractivity contribution >= 4 is 5.78 Å². The van der Waals surface area contributed by atoms with Crippen LogP contribution < -0.4 is 5.32 Å². The molecule has 4 nitrogen and oxygen atoms in total. The van der Waals surface area contributed by atoms with Gasteiger partial charge in [0.1, 0.15) is 5.76 Å². The summed E-state index contributed by atoms with van der Waals surface area (Å²) in [5.41, 5.74) is -1.55. The molecule has 142 valence electrons. The predicted molar refractivity (Wildman–Crippen MR) is 106 cm³/mol. The van der Waals surface area contributed by atoms with Crippen LogP contribution in [0.25, 0.3) is 0 Å². The van der Waals surface area contributed by atoms with Gasteiger partial charge in [0, 0.05) is 12.0 Å². The average molecular weight is 373 g/mol. The number of rotatable bonds is 3. The van der Waals surface area contributed by atoms with E-state index in [1.54, 1.807) is 6.26 Å². The molecule has 3 aromatic rings. The Bertz CT molecular complexity index is 1000. The van der Waals surface area contributed by atoms with Crippen LogP contribution in [0.2, 0.25) is 0 Å². The molecule has 2 heterocycles. The molecule has 1 saturated heterocycles. The van der Waals surface area contributed by atoms with Gasteiger partial charge in [0.05, 0.1) is 17.7 Å². The number of piperidine rings is 1. The number of furan rings is 1. The summed E-state index contributed by atoms with van der Waals surface area (Å²) in [5, 5.41) is 15.5. The molecule has 28 heavy (non-hydrogen) atoms. The van der Waals surface area contributed by atoms with Crippen LogP contribution in [-0.4, -0.2) is 17.4 Å². The van der Waals surface area contributed by atoms with Gasteiger partial charge in [-0.2, -0.15) is 0 Å². The highest BCUT2D eigenvalue weighted by atomic mass is 16.3. The van der Waals surface area contributed by atoms with Gasteiger partial charge in [-0.05, 0) is 29.7 Å². The lowest BCUT2D eigenvalue weighted by molar-refractivity contribution is -0.145. The zero-order valence-electron chi connectivity index (χ0n) is 15.8. The maximum Gasteiger partial charge on any atom is 0.182 e. The van der Waals surface area contributed by atoms with Crippen molar-refractivity contribution in [2.45, 2.75) is 30.4 Å². The van der Waals surface area contributed by atoms with E-state index in [1.165, 1.54) is 0 Å². The molecule has 2 aromatic carbocycles. The summed E-state index contributed by atoms with van der Waals surface area (Å²) >= 11 is 0. The lowest BCUT2D eigenvalue weighted by atomic mass is 9.66. The fourth-order valence-electron chi connectivity index (χ4n) is 5.44. The number of Topliss-reactive ketones (excluding diaryl/α,β-unsaturated/α-hetero) is 1. The molecule has 0 amide bonds. The van der Waals surface area contributed by atoms with Crippen LogP contribution >= 0.6 is 0 Å². The van der Waals surface area contributed by atoms with Gasteiger partial charge in [-0.15, -0.1) is 0 Å². The van der Waals surface area contributed by atoms with E-state index < -0.39 is 16.4 Å². The van der Waals surface area contributed by atoms with Crippen LogP contribution in [0.15, 0.2) is 83.5 Å². The smallest absolute Gasteiger partial charge is 0.182 e. The maximum atomic E-state index is 14.2. The summed E-state index contributed by atoms with van der Waals surface area (Å²) in [4.78, 5) is 14.2. The molecule has 1 aliphatic heterocycles. The van der Waals surface area contributed by atoms with E-state index in [4.69, 9.17) is 4.42 Å². The number of ketones is 1. The van der Waals surface area contributed by atoms with Crippen molar-refractivity contribution in [1.82, 2.24) is 5.32 Å². The van der Waals surface area contributed by atoms with E-state index in [1.807, 2.05) is 79.7 Å². The van der Waals surface area contributed by atoms with Gasteiger partial charge in [-0.25, -0.2) is 0 Å². The lowest BCUT2D eigenvalue weighted by Crippen LogP contribution is -2.51. The highest BCUT2D eigenvalue weighted by Crippen LogP contribution is 2.64. The maximum absolute atomic E-state index is 14.2. The number of carbonyl (C=O) groups excluding carboxylic acids is 1. The molecule has 2 fully saturated rings. The standard InChI is InChI=1S/C24H23NO3/c1-22-15-23(17-9-4-2-5-10-17,20(25-16-22)19-13-8-14-28-19)21(26)24(22,27)18-11-6-3-7-12-18/h2-14,20,25,27H,15-16H2,1H3/t20?,22-,23-,24+/m0/s1. The first-order valence-electron chi connectivity index (χ1n) is 9.67. The zero-order valence-corrected chi connectivity index (χ0v) is 15.8. The van der Waals surface area contributed by atoms with Crippen LogP contribution in [0.5, 0.6) is 0 Å². The molecule has 0 radical (unpaired) electrons. The number of nitrogens with one attached hydrogen (secondary N) is 1. The van der Waals surface area contributed by atoms with E-state index in [0.29, 0.717) is 18.5 Å². The van der Waals surface area contributed by atoms with Crippen molar-refractivity contribution in [3.63, 3.8) is 0 Å². The van der Waals surface area contributed by atoms with Crippen molar-refractivity contribution < 1.29 is 14.3 Å². The second kappa shape index (κ2) is 5.90. The molecule has 0 spiro atoms. The van der Waals surface area contributed by atoms with Crippen molar-refractivity contribution in [3.05, 3.63) is 95.9 Å². The van der Waals surface area contributed by atoms with Gasteiger partial charge in [0.15, 0.2) is 11.4 Å². The third-order valence-corrected chi connectivity index (χ3v) is 6.77. The minimum absolute atomic E-state index is 0.161. The Balaban J connectivity index is 1.77. The van der Waals surface area contributed by atoms with Crippen LogP contribution in [0, 0.1) is 5.41 Å². The quantitative estimate of drug-likeness (QED) is 0.734. The van der Waals surface area contributed by atoms with Gasteiger partial charge >= 0.3 is 0 Å². The fraction of sp³-hybridized carbons (Fsp3) is 0.292. The second-order valence-corrected chi connectivity index (χ2v) is 8.31.